The van der Waals surface area contributed by atoms with Crippen LogP contribution >= 0.6 is 0 Å². The summed E-state index contributed by atoms with van der Waals surface area (Å²) in [7, 11) is 0. The minimum atomic E-state index is -0.559. The summed E-state index contributed by atoms with van der Waals surface area (Å²) in [6, 6.07) is 11.5. The molecule has 0 unspecified atom stereocenters. The number of carbonyl (C=O) groups excluding carboxylic acids is 1. The number of nitro groups is 1. The van der Waals surface area contributed by atoms with Gasteiger partial charge in [-0.3, -0.25) is 14.9 Å². The van der Waals surface area contributed by atoms with Gasteiger partial charge >= 0.3 is 0 Å². The van der Waals surface area contributed by atoms with Crippen molar-refractivity contribution < 1.29 is 9.72 Å². The molecule has 0 aliphatic rings. The Balaban J connectivity index is 2.11. The molecule has 0 heterocycles. The number of hydrogen-bond donors (Lipinski definition) is 2. The van der Waals surface area contributed by atoms with Crippen LogP contribution in [0.15, 0.2) is 42.5 Å². The maximum atomic E-state index is 12.1. The molecule has 0 saturated carbocycles. The van der Waals surface area contributed by atoms with Crippen LogP contribution in [0.1, 0.15) is 21.5 Å². The van der Waals surface area contributed by atoms with Crippen LogP contribution in [0.5, 0.6) is 0 Å². The highest BCUT2D eigenvalue weighted by atomic mass is 16.6. The molecule has 0 fully saturated rings. The van der Waals surface area contributed by atoms with Crippen LogP contribution in [0.25, 0.3) is 0 Å². The number of non-ortho nitro benzene ring substituents is 1. The van der Waals surface area contributed by atoms with Crippen molar-refractivity contribution in [2.45, 2.75) is 13.5 Å². The maximum absolute atomic E-state index is 12.1. The first-order valence-corrected chi connectivity index (χ1v) is 6.35. The standard InChI is InChI=1S/C15H15N3O3/c1-10-2-4-11(5-3-10)9-17-15(19)13-8-12(18(20)21)6-7-14(13)16/h2-8H,9,16H2,1H3,(H,17,19). The summed E-state index contributed by atoms with van der Waals surface area (Å²) in [4.78, 5) is 22.2. The molecule has 2 aromatic rings. The average Bonchev–Trinajstić information content (AvgIpc) is 2.46. The van der Waals surface area contributed by atoms with Gasteiger partial charge in [-0.1, -0.05) is 29.8 Å². The summed E-state index contributed by atoms with van der Waals surface area (Å²) in [6.07, 6.45) is 0. The molecule has 21 heavy (non-hydrogen) atoms. The minimum Gasteiger partial charge on any atom is -0.398 e. The second-order valence-electron chi connectivity index (χ2n) is 4.70. The number of nitrogens with two attached hydrogens (primary N) is 1. The smallest absolute Gasteiger partial charge is 0.270 e. The summed E-state index contributed by atoms with van der Waals surface area (Å²) in [5.41, 5.74) is 7.93. The zero-order chi connectivity index (χ0) is 15.4. The molecule has 0 aromatic heterocycles. The van der Waals surface area contributed by atoms with Crippen molar-refractivity contribution in [1.82, 2.24) is 5.32 Å². The molecule has 0 radical (unpaired) electrons. The normalized spacial score (nSPS) is 10.1. The van der Waals surface area contributed by atoms with Gasteiger partial charge < -0.3 is 11.1 Å². The van der Waals surface area contributed by atoms with Crippen molar-refractivity contribution >= 4 is 17.3 Å². The van der Waals surface area contributed by atoms with Gasteiger partial charge in [0, 0.05) is 24.4 Å². The summed E-state index contributed by atoms with van der Waals surface area (Å²) in [5, 5.41) is 13.4. The van der Waals surface area contributed by atoms with E-state index in [1.807, 2.05) is 31.2 Å². The van der Waals surface area contributed by atoms with Gasteiger partial charge in [-0.05, 0) is 18.6 Å². The highest BCUT2D eigenvalue weighted by Crippen LogP contribution is 2.19. The van der Waals surface area contributed by atoms with Gasteiger partial charge in [0.15, 0.2) is 0 Å². The Bertz CT molecular complexity index is 681. The maximum Gasteiger partial charge on any atom is 0.270 e. The minimum absolute atomic E-state index is 0.108. The van der Waals surface area contributed by atoms with E-state index in [0.717, 1.165) is 11.1 Å². The molecule has 3 N–H and O–H groups in total. The van der Waals surface area contributed by atoms with Crippen LogP contribution < -0.4 is 11.1 Å². The third-order valence-corrected chi connectivity index (χ3v) is 3.07. The third kappa shape index (κ3) is 3.56. The van der Waals surface area contributed by atoms with Crippen molar-refractivity contribution in [3.05, 3.63) is 69.3 Å². The van der Waals surface area contributed by atoms with E-state index in [-0.39, 0.29) is 16.9 Å². The summed E-state index contributed by atoms with van der Waals surface area (Å²) in [6.45, 7) is 2.31. The number of nitro benzene ring substituents is 1. The van der Waals surface area contributed by atoms with Crippen molar-refractivity contribution in [1.29, 1.82) is 0 Å². The average molecular weight is 285 g/mol. The number of anilines is 1. The van der Waals surface area contributed by atoms with Crippen LogP contribution in [-0.4, -0.2) is 10.8 Å². The molecule has 0 atom stereocenters. The monoisotopic (exact) mass is 285 g/mol. The van der Waals surface area contributed by atoms with Gasteiger partial charge in [-0.15, -0.1) is 0 Å². The molecule has 6 nitrogen and oxygen atoms in total. The molecule has 0 saturated heterocycles. The van der Waals surface area contributed by atoms with Crippen molar-refractivity contribution in [2.75, 3.05) is 5.73 Å². The lowest BCUT2D eigenvalue weighted by Gasteiger charge is -2.08. The van der Waals surface area contributed by atoms with E-state index in [2.05, 4.69) is 5.32 Å². The number of amides is 1. The first kappa shape index (κ1) is 14.5. The number of hydrogen-bond acceptors (Lipinski definition) is 4. The molecule has 1 amide bonds. The number of rotatable bonds is 4. The van der Waals surface area contributed by atoms with Crippen LogP contribution in [-0.2, 0) is 6.54 Å². The molecular formula is C15H15N3O3. The lowest BCUT2D eigenvalue weighted by Crippen LogP contribution is -2.23. The summed E-state index contributed by atoms with van der Waals surface area (Å²) >= 11 is 0. The van der Waals surface area contributed by atoms with E-state index in [0.29, 0.717) is 6.54 Å². The van der Waals surface area contributed by atoms with Crippen LogP contribution in [0.4, 0.5) is 11.4 Å². The van der Waals surface area contributed by atoms with Gasteiger partial charge in [-0.25, -0.2) is 0 Å². The van der Waals surface area contributed by atoms with Gasteiger partial charge in [0.05, 0.1) is 10.5 Å². The molecule has 0 spiro atoms. The second-order valence-corrected chi connectivity index (χ2v) is 4.70. The van der Waals surface area contributed by atoms with Gasteiger partial charge in [0.25, 0.3) is 11.6 Å². The Morgan fingerprint density at radius 2 is 1.90 bits per heavy atom. The second kappa shape index (κ2) is 6.04. The SMILES string of the molecule is Cc1ccc(CNC(=O)c2cc([N+](=O)[O-])ccc2N)cc1. The van der Waals surface area contributed by atoms with Crippen LogP contribution in [0.2, 0.25) is 0 Å². The summed E-state index contributed by atoms with van der Waals surface area (Å²) in [5.74, 6) is -0.434. The van der Waals surface area contributed by atoms with Crippen molar-refractivity contribution in [3.63, 3.8) is 0 Å². The molecule has 2 aromatic carbocycles. The molecule has 0 aliphatic heterocycles. The Morgan fingerprint density at radius 3 is 2.52 bits per heavy atom. The van der Waals surface area contributed by atoms with E-state index in [1.165, 1.54) is 18.2 Å². The highest BCUT2D eigenvalue weighted by molar-refractivity contribution is 5.99. The number of carbonyl (C=O) groups is 1. The third-order valence-electron chi connectivity index (χ3n) is 3.07. The number of nitrogens with zero attached hydrogens (tertiary/aromatic N) is 1. The molecular weight excluding hydrogens is 270 g/mol. The predicted octanol–water partition coefficient (Wildman–Crippen LogP) is 2.42. The number of aryl methyl sites for hydroxylation is 1. The fraction of sp³-hybridized carbons (Fsp3) is 0.133. The van der Waals surface area contributed by atoms with E-state index in [1.54, 1.807) is 0 Å². The Kier molecular flexibility index (Phi) is 4.18. The Morgan fingerprint density at radius 1 is 1.24 bits per heavy atom. The predicted molar refractivity (Wildman–Crippen MR) is 79.9 cm³/mol. The van der Waals surface area contributed by atoms with Crippen LogP contribution in [0.3, 0.4) is 0 Å². The molecule has 6 heteroatoms. The molecule has 108 valence electrons. The van der Waals surface area contributed by atoms with E-state index >= 15 is 0 Å². The fourth-order valence-corrected chi connectivity index (χ4v) is 1.84. The quantitative estimate of drug-likeness (QED) is 0.512. The number of benzene rings is 2. The molecule has 0 aliphatic carbocycles. The number of nitrogens with one attached hydrogen (secondary N) is 1. The first-order valence-electron chi connectivity index (χ1n) is 6.35. The van der Waals surface area contributed by atoms with Gasteiger partial charge in [-0.2, -0.15) is 0 Å². The van der Waals surface area contributed by atoms with E-state index in [9.17, 15) is 14.9 Å². The zero-order valence-corrected chi connectivity index (χ0v) is 11.5. The lowest BCUT2D eigenvalue weighted by atomic mass is 10.1. The largest absolute Gasteiger partial charge is 0.398 e. The first-order chi connectivity index (χ1) is 9.97. The van der Waals surface area contributed by atoms with E-state index < -0.39 is 10.8 Å². The fourth-order valence-electron chi connectivity index (χ4n) is 1.84. The van der Waals surface area contributed by atoms with E-state index in [4.69, 9.17) is 5.73 Å². The van der Waals surface area contributed by atoms with Crippen molar-refractivity contribution in [2.24, 2.45) is 0 Å². The molecule has 0 bridgehead atoms. The Labute approximate surface area is 121 Å². The van der Waals surface area contributed by atoms with Crippen LogP contribution in [0, 0.1) is 17.0 Å². The molecule has 2 rings (SSSR count). The Hall–Kier alpha value is -2.89. The lowest BCUT2D eigenvalue weighted by molar-refractivity contribution is -0.384. The summed E-state index contributed by atoms with van der Waals surface area (Å²) < 4.78 is 0. The van der Waals surface area contributed by atoms with Gasteiger partial charge in [0.2, 0.25) is 0 Å². The topological polar surface area (TPSA) is 98.3 Å². The number of nitrogen functional groups attached to an aromatic ring is 1. The highest BCUT2D eigenvalue weighted by Gasteiger charge is 2.14. The zero-order valence-electron chi connectivity index (χ0n) is 11.5. The van der Waals surface area contributed by atoms with Crippen molar-refractivity contribution in [3.8, 4) is 0 Å². The van der Waals surface area contributed by atoms with Gasteiger partial charge in [0.1, 0.15) is 0 Å².